The Kier molecular flexibility index (Phi) is 4.33. The van der Waals surface area contributed by atoms with Gasteiger partial charge in [-0.05, 0) is 50.1 Å². The van der Waals surface area contributed by atoms with Crippen molar-refractivity contribution in [2.75, 3.05) is 0 Å². The summed E-state index contributed by atoms with van der Waals surface area (Å²) in [6, 6.07) is 7.26. The van der Waals surface area contributed by atoms with Crippen LogP contribution >= 0.6 is 11.6 Å². The predicted octanol–water partition coefficient (Wildman–Crippen LogP) is 3.55. The van der Waals surface area contributed by atoms with Crippen molar-refractivity contribution in [3.8, 4) is 11.6 Å². The van der Waals surface area contributed by atoms with Gasteiger partial charge in [-0.1, -0.05) is 22.8 Å². The normalized spacial score (nSPS) is 11.5. The first kappa shape index (κ1) is 15.1. The first-order valence-electron chi connectivity index (χ1n) is 6.32. The van der Waals surface area contributed by atoms with Gasteiger partial charge in [-0.2, -0.15) is 0 Å². The van der Waals surface area contributed by atoms with E-state index >= 15 is 0 Å². The van der Waals surface area contributed by atoms with Crippen molar-refractivity contribution < 1.29 is 9.94 Å². The molecule has 2 rings (SSSR count). The zero-order valence-corrected chi connectivity index (χ0v) is 12.8. The third-order valence-electron chi connectivity index (χ3n) is 2.97. The summed E-state index contributed by atoms with van der Waals surface area (Å²) in [4.78, 5) is 4.31. The molecule has 0 aliphatic carbocycles. The van der Waals surface area contributed by atoms with Crippen LogP contribution in [0.15, 0.2) is 29.4 Å². The Morgan fingerprint density at radius 2 is 2.00 bits per heavy atom. The van der Waals surface area contributed by atoms with Crippen molar-refractivity contribution in [1.82, 2.24) is 4.98 Å². The summed E-state index contributed by atoms with van der Waals surface area (Å²) in [7, 11) is 0. The maximum Gasteiger partial charge on any atom is 0.230 e. The molecule has 1 aromatic heterocycles. The highest BCUT2D eigenvalue weighted by atomic mass is 35.5. The highest BCUT2D eigenvalue weighted by Crippen LogP contribution is 2.32. The third kappa shape index (κ3) is 3.25. The van der Waals surface area contributed by atoms with E-state index in [1.807, 2.05) is 32.9 Å². The maximum atomic E-state index is 8.92. The zero-order chi connectivity index (χ0) is 15.6. The fourth-order valence-electron chi connectivity index (χ4n) is 2.03. The summed E-state index contributed by atoms with van der Waals surface area (Å²) < 4.78 is 5.76. The Hall–Kier alpha value is -2.27. The van der Waals surface area contributed by atoms with Gasteiger partial charge in [0.05, 0.1) is 10.6 Å². The Bertz CT molecular complexity index is 714. The van der Waals surface area contributed by atoms with Crippen LogP contribution in [-0.4, -0.2) is 16.0 Å². The molecule has 0 aliphatic rings. The van der Waals surface area contributed by atoms with Crippen molar-refractivity contribution in [2.24, 2.45) is 10.9 Å². The molecule has 0 radical (unpaired) electrons. The second-order valence-electron chi connectivity index (χ2n) is 4.78. The summed E-state index contributed by atoms with van der Waals surface area (Å²) in [6.07, 6.45) is 0. The molecule has 5 nitrogen and oxygen atoms in total. The average molecular weight is 306 g/mol. The van der Waals surface area contributed by atoms with Gasteiger partial charge in [0.1, 0.15) is 5.75 Å². The number of amidine groups is 1. The number of rotatable bonds is 3. The number of aromatic nitrogens is 1. The Morgan fingerprint density at radius 3 is 2.62 bits per heavy atom. The molecule has 1 heterocycles. The minimum Gasteiger partial charge on any atom is -0.437 e. The summed E-state index contributed by atoms with van der Waals surface area (Å²) >= 11 is 6.16. The van der Waals surface area contributed by atoms with E-state index in [9.17, 15) is 0 Å². The smallest absolute Gasteiger partial charge is 0.230 e. The number of halogens is 1. The summed E-state index contributed by atoms with van der Waals surface area (Å²) in [5.74, 6) is 0.665. The van der Waals surface area contributed by atoms with Gasteiger partial charge in [0.2, 0.25) is 5.88 Å². The number of nitrogens with zero attached hydrogens (tertiary/aromatic N) is 2. The molecule has 1 aromatic carbocycles. The lowest BCUT2D eigenvalue weighted by atomic mass is 10.1. The lowest BCUT2D eigenvalue weighted by Gasteiger charge is -2.13. The van der Waals surface area contributed by atoms with Gasteiger partial charge in [-0.3, -0.25) is 0 Å². The molecule has 0 atom stereocenters. The molecule has 0 amide bonds. The number of ether oxygens (including phenoxy) is 1. The van der Waals surface area contributed by atoms with Gasteiger partial charge in [-0.15, -0.1) is 0 Å². The number of benzene rings is 1. The highest BCUT2D eigenvalue weighted by Gasteiger charge is 2.16. The molecule has 0 aliphatic heterocycles. The van der Waals surface area contributed by atoms with E-state index in [1.54, 1.807) is 12.1 Å². The lowest BCUT2D eigenvalue weighted by Crippen LogP contribution is -2.17. The van der Waals surface area contributed by atoms with Crippen LogP contribution in [0.5, 0.6) is 11.6 Å². The van der Waals surface area contributed by atoms with E-state index < -0.39 is 0 Å². The van der Waals surface area contributed by atoms with E-state index in [-0.39, 0.29) is 11.7 Å². The molecule has 0 bridgehead atoms. The molecule has 0 fully saturated rings. The van der Waals surface area contributed by atoms with Crippen molar-refractivity contribution in [3.05, 3.63) is 51.7 Å². The number of hydrogen-bond acceptors (Lipinski definition) is 4. The van der Waals surface area contributed by atoms with Gasteiger partial charge in [0.25, 0.3) is 0 Å². The van der Waals surface area contributed by atoms with E-state index in [4.69, 9.17) is 27.3 Å². The molecule has 6 heteroatoms. The summed E-state index contributed by atoms with van der Waals surface area (Å²) in [6.45, 7) is 5.62. The van der Waals surface area contributed by atoms with Crippen molar-refractivity contribution in [2.45, 2.75) is 20.8 Å². The Morgan fingerprint density at radius 1 is 1.29 bits per heavy atom. The fraction of sp³-hybridized carbons (Fsp3) is 0.200. The number of pyridine rings is 1. The maximum absolute atomic E-state index is 8.92. The van der Waals surface area contributed by atoms with E-state index in [2.05, 4.69) is 10.1 Å². The minimum atomic E-state index is -0.0572. The number of nitrogens with two attached hydrogens (primary N) is 1. The second kappa shape index (κ2) is 6.01. The zero-order valence-electron chi connectivity index (χ0n) is 12.0. The summed E-state index contributed by atoms with van der Waals surface area (Å²) in [5, 5.41) is 12.4. The number of aryl methyl sites for hydroxylation is 3. The van der Waals surface area contributed by atoms with E-state index in [0.29, 0.717) is 16.3 Å². The number of oxime groups is 1. The molecule has 0 unspecified atom stereocenters. The van der Waals surface area contributed by atoms with Gasteiger partial charge < -0.3 is 15.7 Å². The van der Waals surface area contributed by atoms with Gasteiger partial charge in [-0.25, -0.2) is 4.98 Å². The Balaban J connectivity index is 2.53. The third-order valence-corrected chi connectivity index (χ3v) is 3.26. The summed E-state index contributed by atoms with van der Waals surface area (Å²) in [5.41, 5.74) is 8.74. The van der Waals surface area contributed by atoms with Gasteiger partial charge >= 0.3 is 0 Å². The van der Waals surface area contributed by atoms with Gasteiger partial charge in [0.15, 0.2) is 5.84 Å². The molecular formula is C15H16ClN3O2. The SMILES string of the molecule is Cc1ccc(Oc2nc(C)cc(C)c2C(N)=NO)c(Cl)c1. The molecule has 0 saturated carbocycles. The van der Waals surface area contributed by atoms with Crippen molar-refractivity contribution >= 4 is 17.4 Å². The molecule has 0 spiro atoms. The van der Waals surface area contributed by atoms with Crippen LogP contribution in [0.1, 0.15) is 22.4 Å². The lowest BCUT2D eigenvalue weighted by molar-refractivity contribution is 0.318. The minimum absolute atomic E-state index is 0.0572. The van der Waals surface area contributed by atoms with Crippen LogP contribution in [0.25, 0.3) is 0 Å². The van der Waals surface area contributed by atoms with Crippen LogP contribution in [0.4, 0.5) is 0 Å². The first-order chi connectivity index (χ1) is 9.92. The highest BCUT2D eigenvalue weighted by molar-refractivity contribution is 6.32. The molecule has 0 saturated heterocycles. The van der Waals surface area contributed by atoms with Crippen LogP contribution in [-0.2, 0) is 0 Å². The predicted molar refractivity (Wildman–Crippen MR) is 82.5 cm³/mol. The molecule has 110 valence electrons. The molecule has 3 N–H and O–H groups in total. The van der Waals surface area contributed by atoms with E-state index in [0.717, 1.165) is 16.8 Å². The first-order valence-corrected chi connectivity index (χ1v) is 6.70. The second-order valence-corrected chi connectivity index (χ2v) is 5.19. The van der Waals surface area contributed by atoms with Gasteiger partial charge in [0, 0.05) is 5.69 Å². The van der Waals surface area contributed by atoms with Crippen LogP contribution in [0, 0.1) is 20.8 Å². The van der Waals surface area contributed by atoms with Crippen LogP contribution in [0.2, 0.25) is 5.02 Å². The molecule has 2 aromatic rings. The van der Waals surface area contributed by atoms with Crippen LogP contribution in [0.3, 0.4) is 0 Å². The van der Waals surface area contributed by atoms with Crippen molar-refractivity contribution in [1.29, 1.82) is 0 Å². The van der Waals surface area contributed by atoms with E-state index in [1.165, 1.54) is 0 Å². The molecule has 21 heavy (non-hydrogen) atoms. The standard InChI is InChI=1S/C15H16ClN3O2/c1-8-4-5-12(11(16)6-8)21-15-13(14(17)19-20)9(2)7-10(3)18-15/h4-7,20H,1-3H3,(H2,17,19). The quantitative estimate of drug-likeness (QED) is 0.393. The van der Waals surface area contributed by atoms with Crippen LogP contribution < -0.4 is 10.5 Å². The fourth-order valence-corrected chi connectivity index (χ4v) is 2.30. The monoisotopic (exact) mass is 305 g/mol. The average Bonchev–Trinajstić information content (AvgIpc) is 2.40. The topological polar surface area (TPSA) is 80.7 Å². The largest absolute Gasteiger partial charge is 0.437 e. The van der Waals surface area contributed by atoms with Crippen molar-refractivity contribution in [3.63, 3.8) is 0 Å². The molecular weight excluding hydrogens is 290 g/mol. The Labute approximate surface area is 128 Å². The number of hydrogen-bond donors (Lipinski definition) is 2.